The van der Waals surface area contributed by atoms with Crippen LogP contribution in [0.1, 0.15) is 19.5 Å². The Morgan fingerprint density at radius 3 is 3.00 bits per heavy atom. The van der Waals surface area contributed by atoms with Crippen molar-refractivity contribution in [2.24, 2.45) is 4.99 Å². The van der Waals surface area contributed by atoms with Crippen molar-refractivity contribution in [3.05, 3.63) is 30.2 Å². The molecule has 0 fully saturated rings. The molecule has 0 unspecified atom stereocenters. The van der Waals surface area contributed by atoms with Crippen LogP contribution in [0, 0.1) is 0 Å². The van der Waals surface area contributed by atoms with Crippen molar-refractivity contribution in [3.8, 4) is 0 Å². The van der Waals surface area contributed by atoms with E-state index in [0.717, 1.165) is 5.65 Å². The van der Waals surface area contributed by atoms with Crippen molar-refractivity contribution < 1.29 is 4.79 Å². The summed E-state index contributed by atoms with van der Waals surface area (Å²) in [5.41, 5.74) is 0.779. The molecule has 0 bridgehead atoms. The second kappa shape index (κ2) is 3.29. The molecule has 15 heavy (non-hydrogen) atoms. The summed E-state index contributed by atoms with van der Waals surface area (Å²) in [6.45, 7) is 3.61. The van der Waals surface area contributed by atoms with Gasteiger partial charge in [-0.15, -0.1) is 0 Å². The SMILES string of the molecule is CC(C)(N=C=O)c1cc2ncccn2n1. The monoisotopic (exact) mass is 202 g/mol. The molecule has 0 N–H and O–H groups in total. The van der Waals surface area contributed by atoms with Crippen LogP contribution in [-0.4, -0.2) is 20.7 Å². The molecular formula is C10H10N4O. The summed E-state index contributed by atoms with van der Waals surface area (Å²) in [6.07, 6.45) is 5.05. The second-order valence-electron chi connectivity index (χ2n) is 3.71. The van der Waals surface area contributed by atoms with E-state index in [1.165, 1.54) is 0 Å². The number of nitrogens with zero attached hydrogens (tertiary/aromatic N) is 4. The summed E-state index contributed by atoms with van der Waals surface area (Å²) in [4.78, 5) is 18.1. The molecule has 5 heteroatoms. The Morgan fingerprint density at radius 2 is 2.33 bits per heavy atom. The number of aromatic nitrogens is 3. The third-order valence-corrected chi connectivity index (χ3v) is 2.19. The first-order chi connectivity index (χ1) is 7.13. The highest BCUT2D eigenvalue weighted by Gasteiger charge is 2.23. The van der Waals surface area contributed by atoms with Crippen LogP contribution in [0.2, 0.25) is 0 Å². The van der Waals surface area contributed by atoms with Gasteiger partial charge in [-0.05, 0) is 19.9 Å². The summed E-state index contributed by atoms with van der Waals surface area (Å²) in [5.74, 6) is 0. The van der Waals surface area contributed by atoms with Gasteiger partial charge in [0.1, 0.15) is 5.54 Å². The van der Waals surface area contributed by atoms with Crippen LogP contribution >= 0.6 is 0 Å². The van der Waals surface area contributed by atoms with Gasteiger partial charge in [-0.25, -0.2) is 14.3 Å². The van der Waals surface area contributed by atoms with Crippen molar-refractivity contribution in [3.63, 3.8) is 0 Å². The molecule has 5 nitrogen and oxygen atoms in total. The largest absolute Gasteiger partial charge is 0.237 e. The lowest BCUT2D eigenvalue weighted by Crippen LogP contribution is -2.14. The first-order valence-electron chi connectivity index (χ1n) is 4.53. The number of rotatable bonds is 2. The maximum absolute atomic E-state index is 10.3. The Labute approximate surface area is 86.5 Å². The van der Waals surface area contributed by atoms with Crippen LogP contribution in [0.3, 0.4) is 0 Å². The van der Waals surface area contributed by atoms with Gasteiger partial charge in [0.15, 0.2) is 5.65 Å². The third-order valence-electron chi connectivity index (χ3n) is 2.19. The fraction of sp³-hybridized carbons (Fsp3) is 0.300. The molecule has 2 rings (SSSR count). The Hall–Kier alpha value is -2.00. The molecule has 2 aromatic rings. The zero-order chi connectivity index (χ0) is 10.9. The van der Waals surface area contributed by atoms with Crippen LogP contribution < -0.4 is 0 Å². The molecule has 2 aromatic heterocycles. The standard InChI is InChI=1S/C10H10N4O/c1-10(2,12-7-15)8-6-9-11-4-3-5-14(9)13-8/h3-6H,1-2H3. The Balaban J connectivity index is 2.58. The second-order valence-corrected chi connectivity index (χ2v) is 3.71. The van der Waals surface area contributed by atoms with E-state index in [4.69, 9.17) is 0 Å². The minimum atomic E-state index is -0.657. The van der Waals surface area contributed by atoms with Crippen molar-refractivity contribution >= 4 is 11.7 Å². The van der Waals surface area contributed by atoms with Gasteiger partial charge in [0.2, 0.25) is 6.08 Å². The van der Waals surface area contributed by atoms with Crippen molar-refractivity contribution in [2.75, 3.05) is 0 Å². The zero-order valence-electron chi connectivity index (χ0n) is 8.51. The van der Waals surface area contributed by atoms with E-state index in [1.54, 1.807) is 49.0 Å². The molecule has 0 aliphatic heterocycles. The molecule has 0 spiro atoms. The topological polar surface area (TPSA) is 59.6 Å². The van der Waals surface area contributed by atoms with E-state index < -0.39 is 5.54 Å². The fourth-order valence-electron chi connectivity index (χ4n) is 1.30. The van der Waals surface area contributed by atoms with Crippen molar-refractivity contribution in [2.45, 2.75) is 19.4 Å². The van der Waals surface area contributed by atoms with Gasteiger partial charge >= 0.3 is 0 Å². The highest BCUT2D eigenvalue weighted by molar-refractivity contribution is 5.42. The van der Waals surface area contributed by atoms with Crippen molar-refractivity contribution in [1.82, 2.24) is 14.6 Å². The molecule has 76 valence electrons. The first-order valence-corrected chi connectivity index (χ1v) is 4.53. The van der Waals surface area contributed by atoms with E-state index >= 15 is 0 Å². The normalized spacial score (nSPS) is 11.3. The van der Waals surface area contributed by atoms with Gasteiger partial charge in [0.25, 0.3) is 0 Å². The summed E-state index contributed by atoms with van der Waals surface area (Å²) in [6, 6.07) is 3.60. The summed E-state index contributed by atoms with van der Waals surface area (Å²) >= 11 is 0. The minimum absolute atomic E-state index is 0.657. The molecule has 0 saturated heterocycles. The Morgan fingerprint density at radius 1 is 1.53 bits per heavy atom. The molecule has 0 aliphatic carbocycles. The zero-order valence-corrected chi connectivity index (χ0v) is 8.51. The minimum Gasteiger partial charge on any atom is -0.237 e. The molecule has 0 atom stereocenters. The highest BCUT2D eigenvalue weighted by Crippen LogP contribution is 2.23. The average Bonchev–Trinajstić information content (AvgIpc) is 2.61. The lowest BCUT2D eigenvalue weighted by molar-refractivity contribution is 0.509. The van der Waals surface area contributed by atoms with E-state index in [1.807, 2.05) is 0 Å². The van der Waals surface area contributed by atoms with E-state index in [2.05, 4.69) is 15.1 Å². The molecule has 2 heterocycles. The highest BCUT2D eigenvalue weighted by atomic mass is 16.1. The van der Waals surface area contributed by atoms with E-state index in [-0.39, 0.29) is 0 Å². The van der Waals surface area contributed by atoms with Crippen LogP contribution in [0.5, 0.6) is 0 Å². The van der Waals surface area contributed by atoms with Gasteiger partial charge in [-0.1, -0.05) is 0 Å². The van der Waals surface area contributed by atoms with E-state index in [9.17, 15) is 4.79 Å². The van der Waals surface area contributed by atoms with Gasteiger partial charge < -0.3 is 0 Å². The van der Waals surface area contributed by atoms with Gasteiger partial charge in [-0.2, -0.15) is 10.1 Å². The lowest BCUT2D eigenvalue weighted by Gasteiger charge is -2.12. The summed E-state index contributed by atoms with van der Waals surface area (Å²) in [7, 11) is 0. The quantitative estimate of drug-likeness (QED) is 0.544. The average molecular weight is 202 g/mol. The van der Waals surface area contributed by atoms with Gasteiger partial charge in [0.05, 0.1) is 5.69 Å². The fourth-order valence-corrected chi connectivity index (χ4v) is 1.30. The number of hydrogen-bond donors (Lipinski definition) is 0. The molecule has 0 aliphatic rings. The van der Waals surface area contributed by atoms with Crippen LogP contribution in [0.25, 0.3) is 5.65 Å². The number of aliphatic imine (C=N–C) groups is 1. The molecule has 0 aromatic carbocycles. The van der Waals surface area contributed by atoms with Crippen molar-refractivity contribution in [1.29, 1.82) is 0 Å². The molecule has 0 radical (unpaired) electrons. The molecule has 0 saturated carbocycles. The third kappa shape index (κ3) is 1.65. The smallest absolute Gasteiger partial charge is 0.235 e. The Bertz CT molecular complexity index is 504. The maximum atomic E-state index is 10.3. The lowest BCUT2D eigenvalue weighted by atomic mass is 10.0. The van der Waals surface area contributed by atoms with E-state index in [0.29, 0.717) is 5.69 Å². The molecular weight excluding hydrogens is 192 g/mol. The number of fused-ring (bicyclic) bond motifs is 1. The van der Waals surface area contributed by atoms with Crippen LogP contribution in [0.15, 0.2) is 29.5 Å². The first kappa shape index (κ1) is 9.55. The Kier molecular flexibility index (Phi) is 2.10. The van der Waals surface area contributed by atoms with Gasteiger partial charge in [0, 0.05) is 18.5 Å². The molecule has 0 amide bonds. The van der Waals surface area contributed by atoms with Crippen LogP contribution in [0.4, 0.5) is 0 Å². The predicted molar refractivity (Wildman–Crippen MR) is 54.1 cm³/mol. The number of hydrogen-bond acceptors (Lipinski definition) is 4. The maximum Gasteiger partial charge on any atom is 0.235 e. The summed E-state index contributed by atoms with van der Waals surface area (Å²) < 4.78 is 1.65. The van der Waals surface area contributed by atoms with Gasteiger partial charge in [-0.3, -0.25) is 0 Å². The summed E-state index contributed by atoms with van der Waals surface area (Å²) in [5, 5.41) is 4.28. The van der Waals surface area contributed by atoms with Crippen LogP contribution in [-0.2, 0) is 10.3 Å². The number of carbonyl (C=O) groups excluding carboxylic acids is 1. The number of isocyanates is 1. The predicted octanol–water partition coefficient (Wildman–Crippen LogP) is 1.30.